The molecule has 0 bridgehead atoms. The molecule has 2 unspecified atom stereocenters. The van der Waals surface area contributed by atoms with Gasteiger partial charge in [0.2, 0.25) is 0 Å². The Labute approximate surface area is 184 Å². The van der Waals surface area contributed by atoms with Crippen molar-refractivity contribution in [3.05, 3.63) is 72.3 Å². The Bertz CT molecular complexity index is 1140. The lowest BCUT2D eigenvalue weighted by Gasteiger charge is -2.29. The number of para-hydroxylation sites is 1. The molecule has 4 rings (SSSR count). The van der Waals surface area contributed by atoms with E-state index in [1.165, 1.54) is 23.9 Å². The molecule has 10 heteroatoms. The van der Waals surface area contributed by atoms with Crippen LogP contribution in [0.15, 0.2) is 76.5 Å². The first-order valence-corrected chi connectivity index (χ1v) is 11.0. The molecule has 0 saturated carbocycles. The summed E-state index contributed by atoms with van der Waals surface area (Å²) >= 11 is -1.12. The molecule has 1 aliphatic rings. The maximum Gasteiger partial charge on any atom is 0.267 e. The van der Waals surface area contributed by atoms with Gasteiger partial charge in [0.15, 0.2) is 0 Å². The lowest BCUT2D eigenvalue weighted by atomic mass is 10.0. The third-order valence-corrected chi connectivity index (χ3v) is 6.60. The van der Waals surface area contributed by atoms with E-state index in [0.717, 1.165) is 19.8 Å². The van der Waals surface area contributed by atoms with Crippen LogP contribution >= 0.6 is 11.8 Å². The number of carbonyl (C=O) groups excluding carboxylic acids is 1. The number of carbonyl (C=O) groups is 1. The van der Waals surface area contributed by atoms with Crippen molar-refractivity contribution in [1.29, 1.82) is 0 Å². The Hall–Kier alpha value is -3.05. The molecule has 2 atom stereocenters. The number of hydrogen-bond acceptors (Lipinski definition) is 6. The van der Waals surface area contributed by atoms with Crippen LogP contribution in [0.5, 0.6) is 17.2 Å². The minimum absolute atomic E-state index is 0.0164. The fraction of sp³-hybridized carbons (Fsp3) is 0.0952. The molecule has 0 saturated heterocycles. The van der Waals surface area contributed by atoms with Crippen LogP contribution in [-0.4, -0.2) is 31.0 Å². The molecular formula is C21H18N2O6S2. The van der Waals surface area contributed by atoms with Crippen LogP contribution in [0.2, 0.25) is 0 Å². The molecule has 0 fully saturated rings. The van der Waals surface area contributed by atoms with Crippen molar-refractivity contribution in [2.75, 3.05) is 4.31 Å². The normalized spacial score (nSPS) is 13.9. The number of nitrogens with one attached hydrogen (secondary N) is 1. The molecule has 0 radical (unpaired) electrons. The van der Waals surface area contributed by atoms with E-state index in [1.807, 2.05) is 24.3 Å². The zero-order valence-corrected chi connectivity index (χ0v) is 17.6. The first kappa shape index (κ1) is 21.2. The standard InChI is InChI=1S/C21H18N2O6S2/c24-15-8-5-13(6-9-15)11-16(21(25)22-26)23(31(27)28)14-7-10-18-20(12-14)30-19-4-2-1-3-17(19)29-18/h1-10,12,16,24,26H,11H2,(H,22,25)(H,27,28). The van der Waals surface area contributed by atoms with Crippen molar-refractivity contribution in [3.63, 3.8) is 0 Å². The summed E-state index contributed by atoms with van der Waals surface area (Å²) in [6, 6.07) is 17.3. The number of anilines is 1. The summed E-state index contributed by atoms with van der Waals surface area (Å²) in [5, 5.41) is 18.7. The largest absolute Gasteiger partial charge is 0.508 e. The number of rotatable bonds is 6. The van der Waals surface area contributed by atoms with Crippen molar-refractivity contribution in [3.8, 4) is 17.2 Å². The number of ether oxygens (including phenoxy) is 1. The molecule has 0 spiro atoms. The molecule has 3 aromatic carbocycles. The van der Waals surface area contributed by atoms with Gasteiger partial charge in [-0.1, -0.05) is 36.0 Å². The number of aromatic hydroxyl groups is 1. The predicted molar refractivity (Wildman–Crippen MR) is 116 cm³/mol. The van der Waals surface area contributed by atoms with Crippen molar-refractivity contribution in [1.82, 2.24) is 5.48 Å². The van der Waals surface area contributed by atoms with E-state index in [-0.39, 0.29) is 12.2 Å². The Balaban J connectivity index is 1.69. The van der Waals surface area contributed by atoms with Crippen molar-refractivity contribution >= 4 is 34.6 Å². The average molecular weight is 459 g/mol. The van der Waals surface area contributed by atoms with Crippen LogP contribution in [0, 0.1) is 0 Å². The van der Waals surface area contributed by atoms with E-state index in [2.05, 4.69) is 0 Å². The molecule has 31 heavy (non-hydrogen) atoms. The monoisotopic (exact) mass is 458 g/mol. The highest BCUT2D eigenvalue weighted by atomic mass is 32.2. The number of hydrogen-bond donors (Lipinski definition) is 4. The van der Waals surface area contributed by atoms with Gasteiger partial charge in [-0.25, -0.2) is 9.69 Å². The van der Waals surface area contributed by atoms with Crippen LogP contribution in [-0.2, 0) is 22.5 Å². The van der Waals surface area contributed by atoms with Crippen LogP contribution in [0.1, 0.15) is 5.56 Å². The zero-order valence-electron chi connectivity index (χ0n) is 16.0. The lowest BCUT2D eigenvalue weighted by Crippen LogP contribution is -2.48. The van der Waals surface area contributed by atoms with Gasteiger partial charge in [0.05, 0.1) is 15.5 Å². The number of hydroxylamine groups is 1. The van der Waals surface area contributed by atoms with E-state index in [1.54, 1.807) is 35.8 Å². The van der Waals surface area contributed by atoms with Crippen molar-refractivity contribution in [2.45, 2.75) is 22.3 Å². The summed E-state index contributed by atoms with van der Waals surface area (Å²) in [7, 11) is 0. The van der Waals surface area contributed by atoms with Gasteiger partial charge in [-0.3, -0.25) is 18.9 Å². The second-order valence-electron chi connectivity index (χ2n) is 6.70. The summed E-state index contributed by atoms with van der Waals surface area (Å²) in [5.74, 6) is 0.530. The van der Waals surface area contributed by atoms with E-state index >= 15 is 0 Å². The minimum Gasteiger partial charge on any atom is -0.508 e. The Kier molecular flexibility index (Phi) is 6.14. The predicted octanol–water partition coefficient (Wildman–Crippen LogP) is 3.71. The number of nitrogens with zero attached hydrogens (tertiary/aromatic N) is 1. The van der Waals surface area contributed by atoms with Gasteiger partial charge in [0.25, 0.3) is 17.2 Å². The van der Waals surface area contributed by atoms with Crippen molar-refractivity contribution in [2.24, 2.45) is 0 Å². The topological polar surface area (TPSA) is 119 Å². The highest BCUT2D eigenvalue weighted by Gasteiger charge is 2.31. The quantitative estimate of drug-likeness (QED) is 0.198. The summed E-state index contributed by atoms with van der Waals surface area (Å²) < 4.78 is 29.2. The third-order valence-electron chi connectivity index (χ3n) is 4.70. The van der Waals surface area contributed by atoms with E-state index < -0.39 is 23.2 Å². The van der Waals surface area contributed by atoms with Gasteiger partial charge >= 0.3 is 0 Å². The molecule has 8 nitrogen and oxygen atoms in total. The first-order valence-electron chi connectivity index (χ1n) is 9.17. The van der Waals surface area contributed by atoms with Crippen LogP contribution in [0.25, 0.3) is 0 Å². The second-order valence-corrected chi connectivity index (χ2v) is 8.64. The summed E-state index contributed by atoms with van der Waals surface area (Å²) in [4.78, 5) is 14.0. The molecule has 1 aliphatic heterocycles. The summed E-state index contributed by atoms with van der Waals surface area (Å²) in [6.45, 7) is 0. The highest BCUT2D eigenvalue weighted by molar-refractivity contribution is 7.99. The zero-order chi connectivity index (χ0) is 22.0. The highest BCUT2D eigenvalue weighted by Crippen LogP contribution is 2.48. The number of fused-ring (bicyclic) bond motifs is 2. The molecule has 0 aliphatic carbocycles. The van der Waals surface area contributed by atoms with Crippen molar-refractivity contribution < 1.29 is 28.6 Å². The number of phenolic OH excluding ortho intramolecular Hbond substituents is 1. The lowest BCUT2D eigenvalue weighted by molar-refractivity contribution is -0.130. The van der Waals surface area contributed by atoms with Gasteiger partial charge in [0, 0.05) is 6.42 Å². The maximum atomic E-state index is 12.4. The second kappa shape index (κ2) is 8.98. The van der Waals surface area contributed by atoms with Gasteiger partial charge in [-0.15, -0.1) is 0 Å². The van der Waals surface area contributed by atoms with Gasteiger partial charge in [-0.05, 0) is 48.0 Å². The minimum atomic E-state index is -2.57. The number of phenols is 1. The molecule has 1 heterocycles. The summed E-state index contributed by atoms with van der Waals surface area (Å²) in [6.07, 6.45) is 0.0164. The van der Waals surface area contributed by atoms with Gasteiger partial charge in [-0.2, -0.15) is 0 Å². The van der Waals surface area contributed by atoms with Gasteiger partial charge in [0.1, 0.15) is 23.3 Å². The fourth-order valence-corrected chi connectivity index (χ4v) is 4.91. The fourth-order valence-electron chi connectivity index (χ4n) is 3.24. The Morgan fingerprint density at radius 3 is 2.48 bits per heavy atom. The summed E-state index contributed by atoms with van der Waals surface area (Å²) in [5.41, 5.74) is 2.51. The first-order chi connectivity index (χ1) is 15.0. The smallest absolute Gasteiger partial charge is 0.267 e. The molecule has 1 amide bonds. The molecule has 160 valence electrons. The molecular weight excluding hydrogens is 440 g/mol. The molecule has 3 aromatic rings. The third kappa shape index (κ3) is 4.52. The van der Waals surface area contributed by atoms with E-state index in [4.69, 9.17) is 4.74 Å². The van der Waals surface area contributed by atoms with Gasteiger partial charge < -0.3 is 9.84 Å². The van der Waals surface area contributed by atoms with E-state index in [9.17, 15) is 23.9 Å². The molecule has 0 aromatic heterocycles. The van der Waals surface area contributed by atoms with Crippen LogP contribution < -0.4 is 14.5 Å². The van der Waals surface area contributed by atoms with E-state index in [0.29, 0.717) is 17.0 Å². The Morgan fingerprint density at radius 2 is 1.77 bits per heavy atom. The average Bonchev–Trinajstić information content (AvgIpc) is 2.77. The number of benzene rings is 3. The number of amides is 1. The van der Waals surface area contributed by atoms with Crippen LogP contribution in [0.4, 0.5) is 5.69 Å². The maximum absolute atomic E-state index is 12.4. The Morgan fingerprint density at radius 1 is 1.06 bits per heavy atom. The molecule has 4 N–H and O–H groups in total. The van der Waals surface area contributed by atoms with Crippen LogP contribution in [0.3, 0.4) is 0 Å². The SMILES string of the molecule is O=C(NO)C(Cc1ccc(O)cc1)N(c1ccc2c(c1)Sc1ccccc1O2)S(=O)O.